The van der Waals surface area contributed by atoms with E-state index in [2.05, 4.69) is 4.72 Å². The molecule has 0 unspecified atom stereocenters. The Labute approximate surface area is 132 Å². The molecule has 2 aromatic carbocycles. The van der Waals surface area contributed by atoms with E-state index in [1.165, 1.54) is 50.6 Å². The SMILES string of the molecule is COc1ccc(S(=O)(=O)Nc2cccc([N+](=O)[O-])c2)cc1OC. The summed E-state index contributed by atoms with van der Waals surface area (Å²) in [4.78, 5) is 10.1. The van der Waals surface area contributed by atoms with E-state index in [9.17, 15) is 18.5 Å². The van der Waals surface area contributed by atoms with Gasteiger partial charge in [0.15, 0.2) is 11.5 Å². The van der Waals surface area contributed by atoms with Gasteiger partial charge in [0, 0.05) is 18.2 Å². The zero-order valence-corrected chi connectivity index (χ0v) is 13.2. The highest BCUT2D eigenvalue weighted by Crippen LogP contribution is 2.30. The maximum Gasteiger partial charge on any atom is 0.271 e. The van der Waals surface area contributed by atoms with Gasteiger partial charge in [-0.25, -0.2) is 8.42 Å². The van der Waals surface area contributed by atoms with Crippen molar-refractivity contribution in [3.8, 4) is 11.5 Å². The molecule has 0 aliphatic heterocycles. The molecule has 2 rings (SSSR count). The van der Waals surface area contributed by atoms with Crippen molar-refractivity contribution in [1.82, 2.24) is 0 Å². The van der Waals surface area contributed by atoms with Gasteiger partial charge in [0.2, 0.25) is 0 Å². The largest absolute Gasteiger partial charge is 0.493 e. The number of methoxy groups -OCH3 is 2. The number of benzene rings is 2. The van der Waals surface area contributed by atoms with Crippen LogP contribution in [0.15, 0.2) is 47.4 Å². The van der Waals surface area contributed by atoms with Gasteiger partial charge in [-0.05, 0) is 18.2 Å². The first-order valence-electron chi connectivity index (χ1n) is 6.36. The van der Waals surface area contributed by atoms with Crippen molar-refractivity contribution in [2.75, 3.05) is 18.9 Å². The lowest BCUT2D eigenvalue weighted by Crippen LogP contribution is -2.13. The molecule has 0 radical (unpaired) electrons. The Hall–Kier alpha value is -2.81. The van der Waals surface area contributed by atoms with Crippen molar-refractivity contribution in [2.24, 2.45) is 0 Å². The van der Waals surface area contributed by atoms with E-state index in [-0.39, 0.29) is 22.0 Å². The summed E-state index contributed by atoms with van der Waals surface area (Å²) in [7, 11) is -1.09. The highest BCUT2D eigenvalue weighted by molar-refractivity contribution is 7.92. The lowest BCUT2D eigenvalue weighted by molar-refractivity contribution is -0.384. The predicted molar refractivity (Wildman–Crippen MR) is 83.5 cm³/mol. The van der Waals surface area contributed by atoms with Crippen LogP contribution in [-0.2, 0) is 10.0 Å². The number of anilines is 1. The molecule has 0 spiro atoms. The van der Waals surface area contributed by atoms with Crippen LogP contribution in [0.3, 0.4) is 0 Å². The minimum Gasteiger partial charge on any atom is -0.493 e. The third-order valence-corrected chi connectivity index (χ3v) is 4.35. The monoisotopic (exact) mass is 338 g/mol. The number of non-ortho nitro benzene ring substituents is 1. The summed E-state index contributed by atoms with van der Waals surface area (Å²) in [6.45, 7) is 0. The summed E-state index contributed by atoms with van der Waals surface area (Å²) >= 11 is 0. The maximum absolute atomic E-state index is 12.4. The van der Waals surface area contributed by atoms with Gasteiger partial charge < -0.3 is 9.47 Å². The third kappa shape index (κ3) is 3.69. The molecule has 0 saturated heterocycles. The minimum absolute atomic E-state index is 0.0540. The Kier molecular flexibility index (Phi) is 4.70. The Balaban J connectivity index is 2.35. The van der Waals surface area contributed by atoms with Crippen molar-refractivity contribution >= 4 is 21.4 Å². The third-order valence-electron chi connectivity index (χ3n) is 2.97. The van der Waals surface area contributed by atoms with E-state index in [4.69, 9.17) is 9.47 Å². The fourth-order valence-electron chi connectivity index (χ4n) is 1.88. The van der Waals surface area contributed by atoms with Crippen LogP contribution in [0.4, 0.5) is 11.4 Å². The van der Waals surface area contributed by atoms with Crippen LogP contribution < -0.4 is 14.2 Å². The molecule has 0 aromatic heterocycles. The first-order valence-corrected chi connectivity index (χ1v) is 7.85. The van der Waals surface area contributed by atoms with Gasteiger partial charge in [-0.15, -0.1) is 0 Å². The number of nitrogens with one attached hydrogen (secondary N) is 1. The van der Waals surface area contributed by atoms with Crippen molar-refractivity contribution in [3.05, 3.63) is 52.6 Å². The van der Waals surface area contributed by atoms with E-state index < -0.39 is 14.9 Å². The summed E-state index contributed by atoms with van der Waals surface area (Å²) in [5, 5.41) is 10.7. The molecule has 0 aliphatic rings. The lowest BCUT2D eigenvalue weighted by atomic mass is 10.3. The molecule has 0 heterocycles. The number of hydrogen-bond acceptors (Lipinski definition) is 6. The molecule has 0 saturated carbocycles. The van der Waals surface area contributed by atoms with Crippen molar-refractivity contribution in [2.45, 2.75) is 4.90 Å². The summed E-state index contributed by atoms with van der Waals surface area (Å²) in [5.74, 6) is 0.649. The zero-order valence-electron chi connectivity index (χ0n) is 12.3. The van der Waals surface area contributed by atoms with Crippen LogP contribution in [0.5, 0.6) is 11.5 Å². The fourth-order valence-corrected chi connectivity index (χ4v) is 2.95. The van der Waals surface area contributed by atoms with Gasteiger partial charge >= 0.3 is 0 Å². The molecular formula is C14H14N2O6S. The van der Waals surface area contributed by atoms with Gasteiger partial charge in [-0.2, -0.15) is 0 Å². The maximum atomic E-state index is 12.4. The van der Waals surface area contributed by atoms with Gasteiger partial charge in [0.25, 0.3) is 15.7 Å². The van der Waals surface area contributed by atoms with Crippen LogP contribution in [0.25, 0.3) is 0 Å². The topological polar surface area (TPSA) is 108 Å². The molecular weight excluding hydrogens is 324 g/mol. The van der Waals surface area contributed by atoms with E-state index in [1.807, 2.05) is 0 Å². The lowest BCUT2D eigenvalue weighted by Gasteiger charge is -2.11. The van der Waals surface area contributed by atoms with E-state index in [0.717, 1.165) is 6.07 Å². The Morgan fingerprint density at radius 2 is 1.74 bits per heavy atom. The van der Waals surface area contributed by atoms with Crippen LogP contribution in [0.1, 0.15) is 0 Å². The van der Waals surface area contributed by atoms with Crippen LogP contribution in [0.2, 0.25) is 0 Å². The highest BCUT2D eigenvalue weighted by atomic mass is 32.2. The molecule has 0 bridgehead atoms. The van der Waals surface area contributed by atoms with Crippen LogP contribution in [0, 0.1) is 10.1 Å². The minimum atomic E-state index is -3.92. The molecule has 0 aliphatic carbocycles. The van der Waals surface area contributed by atoms with E-state index in [0.29, 0.717) is 5.75 Å². The Morgan fingerprint density at radius 1 is 1.04 bits per heavy atom. The smallest absolute Gasteiger partial charge is 0.271 e. The van der Waals surface area contributed by atoms with Crippen molar-refractivity contribution in [1.29, 1.82) is 0 Å². The average molecular weight is 338 g/mol. The second kappa shape index (κ2) is 6.53. The van der Waals surface area contributed by atoms with Crippen molar-refractivity contribution < 1.29 is 22.8 Å². The fraction of sp³-hybridized carbons (Fsp3) is 0.143. The molecule has 8 nitrogen and oxygen atoms in total. The van der Waals surface area contributed by atoms with E-state index >= 15 is 0 Å². The standard InChI is InChI=1S/C14H14N2O6S/c1-21-13-7-6-12(9-14(13)22-2)23(19,20)15-10-4-3-5-11(8-10)16(17)18/h3-9,15H,1-2H3. The van der Waals surface area contributed by atoms with Crippen LogP contribution >= 0.6 is 0 Å². The average Bonchev–Trinajstić information content (AvgIpc) is 2.53. The second-order valence-corrected chi connectivity index (χ2v) is 6.11. The Morgan fingerprint density at radius 3 is 2.35 bits per heavy atom. The first kappa shape index (κ1) is 16.6. The predicted octanol–water partition coefficient (Wildman–Crippen LogP) is 2.41. The first-order chi connectivity index (χ1) is 10.9. The molecule has 1 N–H and O–H groups in total. The molecule has 9 heteroatoms. The Bertz CT molecular complexity index is 835. The highest BCUT2D eigenvalue weighted by Gasteiger charge is 2.18. The van der Waals surface area contributed by atoms with Crippen molar-refractivity contribution in [3.63, 3.8) is 0 Å². The number of nitro benzene ring substituents is 1. The number of ether oxygens (including phenoxy) is 2. The summed E-state index contributed by atoms with van der Waals surface area (Å²) in [6, 6.07) is 9.34. The number of nitrogens with zero attached hydrogens (tertiary/aromatic N) is 1. The summed E-state index contributed by atoms with van der Waals surface area (Å²) in [6.07, 6.45) is 0. The number of hydrogen-bond donors (Lipinski definition) is 1. The van der Waals surface area contributed by atoms with Gasteiger partial charge in [-0.1, -0.05) is 6.07 Å². The van der Waals surface area contributed by atoms with E-state index in [1.54, 1.807) is 0 Å². The second-order valence-electron chi connectivity index (χ2n) is 4.43. The molecule has 2 aromatic rings. The van der Waals surface area contributed by atoms with Gasteiger partial charge in [-0.3, -0.25) is 14.8 Å². The number of sulfonamides is 1. The number of rotatable bonds is 6. The van der Waals surface area contributed by atoms with Gasteiger partial charge in [0.05, 0.1) is 29.7 Å². The normalized spacial score (nSPS) is 10.9. The zero-order chi connectivity index (χ0) is 17.0. The molecule has 122 valence electrons. The molecule has 23 heavy (non-hydrogen) atoms. The molecule has 0 fully saturated rings. The molecule has 0 amide bonds. The molecule has 0 atom stereocenters. The van der Waals surface area contributed by atoms with Crippen LogP contribution in [-0.4, -0.2) is 27.6 Å². The summed E-state index contributed by atoms with van der Waals surface area (Å²) < 4.78 is 37.2. The number of nitro groups is 1. The quantitative estimate of drug-likeness (QED) is 0.640. The summed E-state index contributed by atoms with van der Waals surface area (Å²) in [5.41, 5.74) is -0.119. The van der Waals surface area contributed by atoms with Gasteiger partial charge in [0.1, 0.15) is 0 Å².